The van der Waals surface area contributed by atoms with E-state index in [4.69, 9.17) is 4.74 Å². The van der Waals surface area contributed by atoms with E-state index in [0.717, 1.165) is 42.1 Å². The molecule has 5 rings (SSSR count). The van der Waals surface area contributed by atoms with Crippen molar-refractivity contribution in [1.82, 2.24) is 9.47 Å². The summed E-state index contributed by atoms with van der Waals surface area (Å²) in [4.78, 5) is 28.5. The van der Waals surface area contributed by atoms with Gasteiger partial charge in [0.25, 0.3) is 11.7 Å². The summed E-state index contributed by atoms with van der Waals surface area (Å²) in [6.45, 7) is 3.86. The first-order valence-corrected chi connectivity index (χ1v) is 12.0. The molecule has 1 atom stereocenters. The second-order valence-corrected chi connectivity index (χ2v) is 9.55. The molecule has 1 N–H and O–H groups in total. The SMILES string of the molecule is CC(C)Oc1cccc(/C(O)=C2\C(=O)C(=O)N(C3CCCC3)C2c2cn(C)c3ccccc23)c1. The summed E-state index contributed by atoms with van der Waals surface area (Å²) in [5, 5.41) is 12.4. The molecule has 0 radical (unpaired) electrons. The number of benzene rings is 2. The highest BCUT2D eigenvalue weighted by Gasteiger charge is 2.50. The molecule has 2 aromatic carbocycles. The van der Waals surface area contributed by atoms with Crippen molar-refractivity contribution < 1.29 is 19.4 Å². The van der Waals surface area contributed by atoms with Crippen LogP contribution in [0.25, 0.3) is 16.7 Å². The Morgan fingerprint density at radius 2 is 1.79 bits per heavy atom. The molecule has 34 heavy (non-hydrogen) atoms. The van der Waals surface area contributed by atoms with Gasteiger partial charge in [0.2, 0.25) is 0 Å². The zero-order valence-corrected chi connectivity index (χ0v) is 19.8. The predicted octanol–water partition coefficient (Wildman–Crippen LogP) is 5.33. The van der Waals surface area contributed by atoms with Gasteiger partial charge in [-0.15, -0.1) is 0 Å². The van der Waals surface area contributed by atoms with Crippen LogP contribution < -0.4 is 4.74 Å². The number of aromatic nitrogens is 1. The van der Waals surface area contributed by atoms with Gasteiger partial charge in [-0.25, -0.2) is 0 Å². The van der Waals surface area contributed by atoms with Gasteiger partial charge in [-0.05, 0) is 44.9 Å². The lowest BCUT2D eigenvalue weighted by molar-refractivity contribution is -0.141. The number of aliphatic hydroxyl groups is 1. The maximum absolute atomic E-state index is 13.4. The standard InChI is InChI=1S/C28H30N2O4/c1-17(2)34-20-12-8-9-18(15-20)26(31)24-25(22-16-29(3)23-14-7-6-13-21(22)23)30(28(33)27(24)32)19-10-4-5-11-19/h6-9,12-17,19,25,31H,4-5,10-11H2,1-3H3/b26-24+. The zero-order valence-electron chi connectivity index (χ0n) is 19.8. The van der Waals surface area contributed by atoms with Gasteiger partial charge in [0.15, 0.2) is 0 Å². The minimum Gasteiger partial charge on any atom is -0.507 e. The van der Waals surface area contributed by atoms with Crippen molar-refractivity contribution in [2.24, 2.45) is 7.05 Å². The van der Waals surface area contributed by atoms with Crippen molar-refractivity contribution in [3.8, 4) is 5.75 Å². The molecular formula is C28H30N2O4. The molecule has 6 nitrogen and oxygen atoms in total. The van der Waals surface area contributed by atoms with Crippen molar-refractivity contribution in [2.45, 2.75) is 57.7 Å². The number of hydrogen-bond acceptors (Lipinski definition) is 4. The number of likely N-dealkylation sites (tertiary alicyclic amines) is 1. The van der Waals surface area contributed by atoms with E-state index >= 15 is 0 Å². The largest absolute Gasteiger partial charge is 0.507 e. The number of fused-ring (bicyclic) bond motifs is 1. The highest BCUT2D eigenvalue weighted by atomic mass is 16.5. The summed E-state index contributed by atoms with van der Waals surface area (Å²) in [5.74, 6) is -0.713. The molecule has 1 aromatic heterocycles. The summed E-state index contributed by atoms with van der Waals surface area (Å²) in [5.41, 5.74) is 2.49. The van der Waals surface area contributed by atoms with Crippen LogP contribution in [0.4, 0.5) is 0 Å². The summed E-state index contributed by atoms with van der Waals surface area (Å²) < 4.78 is 7.80. The monoisotopic (exact) mass is 458 g/mol. The first-order chi connectivity index (χ1) is 16.4. The van der Waals surface area contributed by atoms with Crippen LogP contribution >= 0.6 is 0 Å². The molecule has 176 valence electrons. The van der Waals surface area contributed by atoms with Gasteiger partial charge in [-0.3, -0.25) is 9.59 Å². The minimum absolute atomic E-state index is 0.0127. The number of amides is 1. The molecule has 1 aliphatic heterocycles. The lowest BCUT2D eigenvalue weighted by Gasteiger charge is -2.30. The minimum atomic E-state index is -0.635. The van der Waals surface area contributed by atoms with E-state index in [1.807, 2.05) is 62.0 Å². The van der Waals surface area contributed by atoms with Crippen LogP contribution in [0, 0.1) is 0 Å². The van der Waals surface area contributed by atoms with Gasteiger partial charge >= 0.3 is 0 Å². The molecule has 1 unspecified atom stereocenters. The number of ether oxygens (including phenoxy) is 1. The quantitative estimate of drug-likeness (QED) is 0.319. The third-order valence-corrected chi connectivity index (χ3v) is 6.90. The van der Waals surface area contributed by atoms with E-state index in [2.05, 4.69) is 0 Å². The summed E-state index contributed by atoms with van der Waals surface area (Å²) >= 11 is 0. The molecule has 3 aromatic rings. The van der Waals surface area contributed by atoms with Gasteiger partial charge in [-0.1, -0.05) is 43.2 Å². The molecule has 2 aliphatic rings. The molecular weight excluding hydrogens is 428 g/mol. The Morgan fingerprint density at radius 3 is 2.53 bits per heavy atom. The van der Waals surface area contributed by atoms with Crippen LogP contribution in [0.1, 0.15) is 56.7 Å². The van der Waals surface area contributed by atoms with Gasteiger partial charge < -0.3 is 19.3 Å². The molecule has 1 saturated heterocycles. The van der Waals surface area contributed by atoms with Crippen molar-refractivity contribution in [3.05, 3.63) is 71.4 Å². The fourth-order valence-electron chi connectivity index (χ4n) is 5.45. The summed E-state index contributed by atoms with van der Waals surface area (Å²) in [6, 6.07) is 14.4. The van der Waals surface area contributed by atoms with Crippen molar-refractivity contribution in [1.29, 1.82) is 0 Å². The van der Waals surface area contributed by atoms with Crippen molar-refractivity contribution >= 4 is 28.4 Å². The normalized spacial score (nSPS) is 20.7. The number of ketones is 1. The number of aliphatic hydroxyl groups excluding tert-OH is 1. The fourth-order valence-corrected chi connectivity index (χ4v) is 5.45. The van der Waals surface area contributed by atoms with E-state index < -0.39 is 17.7 Å². The lowest BCUT2D eigenvalue weighted by Crippen LogP contribution is -2.37. The third-order valence-electron chi connectivity index (χ3n) is 6.90. The Kier molecular flexibility index (Phi) is 5.68. The van der Waals surface area contributed by atoms with Gasteiger partial charge in [0, 0.05) is 41.3 Å². The second kappa shape index (κ2) is 8.67. The Labute approximate surface area is 199 Å². The molecule has 1 aliphatic carbocycles. The third kappa shape index (κ3) is 3.67. The van der Waals surface area contributed by atoms with E-state index in [1.54, 1.807) is 23.1 Å². The average Bonchev–Trinajstić information content (AvgIpc) is 3.52. The smallest absolute Gasteiger partial charge is 0.295 e. The van der Waals surface area contributed by atoms with Crippen LogP contribution in [0.5, 0.6) is 5.75 Å². The van der Waals surface area contributed by atoms with Crippen LogP contribution in [0.3, 0.4) is 0 Å². The first-order valence-electron chi connectivity index (χ1n) is 12.0. The van der Waals surface area contributed by atoms with Crippen LogP contribution in [0.2, 0.25) is 0 Å². The average molecular weight is 459 g/mol. The maximum atomic E-state index is 13.4. The molecule has 0 spiro atoms. The Bertz CT molecular complexity index is 1300. The number of para-hydroxylation sites is 1. The van der Waals surface area contributed by atoms with Crippen molar-refractivity contribution in [3.63, 3.8) is 0 Å². The fraction of sp³-hybridized carbons (Fsp3) is 0.357. The van der Waals surface area contributed by atoms with Gasteiger partial charge in [-0.2, -0.15) is 0 Å². The highest BCUT2D eigenvalue weighted by Crippen LogP contribution is 2.45. The number of carbonyl (C=O) groups is 2. The number of hydrogen-bond donors (Lipinski definition) is 1. The van der Waals surface area contributed by atoms with Crippen LogP contribution in [-0.2, 0) is 16.6 Å². The van der Waals surface area contributed by atoms with E-state index in [-0.39, 0.29) is 23.5 Å². The summed E-state index contributed by atoms with van der Waals surface area (Å²) in [6.07, 6.45) is 5.75. The number of rotatable bonds is 5. The molecule has 1 saturated carbocycles. The molecule has 6 heteroatoms. The van der Waals surface area contributed by atoms with E-state index in [9.17, 15) is 14.7 Å². The first kappa shape index (κ1) is 22.3. The van der Waals surface area contributed by atoms with Crippen LogP contribution in [0.15, 0.2) is 60.3 Å². The topological polar surface area (TPSA) is 71.8 Å². The molecule has 0 bridgehead atoms. The van der Waals surface area contributed by atoms with Gasteiger partial charge in [0.1, 0.15) is 11.5 Å². The zero-order chi connectivity index (χ0) is 24.0. The van der Waals surface area contributed by atoms with E-state index in [1.165, 1.54) is 0 Å². The highest BCUT2D eigenvalue weighted by molar-refractivity contribution is 6.46. The molecule has 2 heterocycles. The summed E-state index contributed by atoms with van der Waals surface area (Å²) in [7, 11) is 1.96. The van der Waals surface area contributed by atoms with Crippen LogP contribution in [-0.4, -0.2) is 38.4 Å². The Balaban J connectivity index is 1.71. The lowest BCUT2D eigenvalue weighted by atomic mass is 9.94. The second-order valence-electron chi connectivity index (χ2n) is 9.55. The number of carbonyl (C=O) groups excluding carboxylic acids is 2. The number of aryl methyl sites for hydroxylation is 1. The molecule has 2 fully saturated rings. The Hall–Kier alpha value is -3.54. The Morgan fingerprint density at radius 1 is 1.06 bits per heavy atom. The number of nitrogens with zero attached hydrogens (tertiary/aromatic N) is 2. The maximum Gasteiger partial charge on any atom is 0.295 e. The van der Waals surface area contributed by atoms with Gasteiger partial charge in [0.05, 0.1) is 17.7 Å². The van der Waals surface area contributed by atoms with E-state index in [0.29, 0.717) is 11.3 Å². The number of Topliss-reactive ketones (excluding diaryl/α,β-unsaturated/α-hetero) is 1. The predicted molar refractivity (Wildman–Crippen MR) is 132 cm³/mol. The van der Waals surface area contributed by atoms with Crippen molar-refractivity contribution in [2.75, 3.05) is 0 Å². The molecule has 1 amide bonds.